The SMILES string of the molecule is c1ccc(-c2ccccc2N(c2ccccc2)c2ccc3c(c2)C(c2ccccc2)(c2ccccc2)c2ccc4c(-c5ccccc5)cccc4c2-3)cc1. The number of anilines is 3. The summed E-state index contributed by atoms with van der Waals surface area (Å²) in [5.74, 6) is 0. The molecule has 0 bridgehead atoms. The normalized spacial score (nSPS) is 12.6. The van der Waals surface area contributed by atoms with Gasteiger partial charge in [0.05, 0.1) is 11.1 Å². The van der Waals surface area contributed by atoms with Gasteiger partial charge in [-0.25, -0.2) is 0 Å². The summed E-state index contributed by atoms with van der Waals surface area (Å²) in [4.78, 5) is 2.43. The third-order valence-electron chi connectivity index (χ3n) is 11.1. The van der Waals surface area contributed by atoms with Crippen LogP contribution in [0, 0.1) is 0 Å². The first kappa shape index (κ1) is 31.7. The second-order valence-corrected chi connectivity index (χ2v) is 14.0. The van der Waals surface area contributed by atoms with Gasteiger partial charge in [-0.3, -0.25) is 0 Å². The van der Waals surface area contributed by atoms with Gasteiger partial charge in [-0.2, -0.15) is 0 Å². The van der Waals surface area contributed by atoms with Gasteiger partial charge in [0.2, 0.25) is 0 Å². The van der Waals surface area contributed by atoms with Gasteiger partial charge in [-0.15, -0.1) is 0 Å². The van der Waals surface area contributed by atoms with Gasteiger partial charge in [0.15, 0.2) is 0 Å². The molecule has 0 saturated heterocycles. The highest BCUT2D eigenvalue weighted by atomic mass is 15.1. The fourth-order valence-electron chi connectivity index (χ4n) is 8.87. The lowest BCUT2D eigenvalue weighted by Gasteiger charge is -2.35. The Morgan fingerprint density at radius 3 is 1.50 bits per heavy atom. The van der Waals surface area contributed by atoms with E-state index in [0.29, 0.717) is 0 Å². The summed E-state index contributed by atoms with van der Waals surface area (Å²) in [6.45, 7) is 0. The Labute approximate surface area is 317 Å². The minimum absolute atomic E-state index is 0.554. The van der Waals surface area contributed by atoms with E-state index in [-0.39, 0.29) is 0 Å². The molecule has 0 fully saturated rings. The van der Waals surface area contributed by atoms with Crippen molar-refractivity contribution in [3.8, 4) is 33.4 Å². The Morgan fingerprint density at radius 1 is 0.315 bits per heavy atom. The molecule has 1 aliphatic carbocycles. The zero-order chi connectivity index (χ0) is 35.9. The first-order chi connectivity index (χ1) is 26.8. The Morgan fingerprint density at radius 2 is 0.852 bits per heavy atom. The van der Waals surface area contributed by atoms with Crippen LogP contribution in [0.4, 0.5) is 17.1 Å². The fraction of sp³-hybridized carbons (Fsp3) is 0.0189. The van der Waals surface area contributed by atoms with Crippen LogP contribution in [-0.2, 0) is 5.41 Å². The van der Waals surface area contributed by atoms with E-state index >= 15 is 0 Å². The van der Waals surface area contributed by atoms with Crippen molar-refractivity contribution in [2.24, 2.45) is 0 Å². The molecule has 0 spiro atoms. The highest BCUT2D eigenvalue weighted by Gasteiger charge is 2.47. The third-order valence-corrected chi connectivity index (χ3v) is 11.1. The number of nitrogens with zero attached hydrogens (tertiary/aromatic N) is 1. The van der Waals surface area contributed by atoms with E-state index in [2.05, 4.69) is 229 Å². The number of hydrogen-bond acceptors (Lipinski definition) is 1. The average molecular weight is 688 g/mol. The Kier molecular flexibility index (Phi) is 7.78. The van der Waals surface area contributed by atoms with Crippen molar-refractivity contribution >= 4 is 27.8 Å². The third kappa shape index (κ3) is 5.01. The van der Waals surface area contributed by atoms with Crippen molar-refractivity contribution < 1.29 is 0 Å². The van der Waals surface area contributed by atoms with Crippen LogP contribution in [0.25, 0.3) is 44.2 Å². The summed E-state index contributed by atoms with van der Waals surface area (Å²) in [6.07, 6.45) is 0. The van der Waals surface area contributed by atoms with Crippen molar-refractivity contribution in [3.05, 3.63) is 247 Å². The molecule has 0 saturated carbocycles. The minimum Gasteiger partial charge on any atom is -0.310 e. The molecule has 0 N–H and O–H groups in total. The van der Waals surface area contributed by atoms with Crippen LogP contribution in [0.15, 0.2) is 224 Å². The molecular formula is C53H37N. The van der Waals surface area contributed by atoms with E-state index in [1.165, 1.54) is 66.4 Å². The molecule has 1 heteroatoms. The largest absolute Gasteiger partial charge is 0.310 e. The standard InChI is InChI=1S/C53H37N/c1-6-19-38(20-7-1)44-30-18-31-47-46(44)35-36-49-52(47)48-34-33-43(37-50(48)53(49,40-23-10-3-11-24-40)41-25-12-4-13-26-41)54(42-27-14-5-15-28-42)51-32-17-16-29-45(51)39-21-8-2-9-22-39/h1-37H. The first-order valence-electron chi connectivity index (χ1n) is 18.7. The molecule has 254 valence electrons. The van der Waals surface area contributed by atoms with E-state index in [1.54, 1.807) is 0 Å². The molecule has 0 heterocycles. The summed E-state index contributed by atoms with van der Waals surface area (Å²) >= 11 is 0. The predicted molar refractivity (Wildman–Crippen MR) is 227 cm³/mol. The van der Waals surface area contributed by atoms with E-state index in [1.807, 2.05) is 0 Å². The number of para-hydroxylation sites is 2. The van der Waals surface area contributed by atoms with Gasteiger partial charge >= 0.3 is 0 Å². The maximum absolute atomic E-state index is 2.47. The van der Waals surface area contributed by atoms with Gasteiger partial charge in [-0.1, -0.05) is 194 Å². The zero-order valence-electron chi connectivity index (χ0n) is 29.8. The Hall–Kier alpha value is -6.96. The van der Waals surface area contributed by atoms with Gasteiger partial charge < -0.3 is 4.90 Å². The number of hydrogen-bond donors (Lipinski definition) is 0. The minimum atomic E-state index is -0.554. The van der Waals surface area contributed by atoms with E-state index in [0.717, 1.165) is 17.1 Å². The van der Waals surface area contributed by atoms with Gasteiger partial charge in [-0.05, 0) is 91.2 Å². The predicted octanol–water partition coefficient (Wildman–Crippen LogP) is 14.0. The molecule has 0 aliphatic heterocycles. The van der Waals surface area contributed by atoms with E-state index in [9.17, 15) is 0 Å². The average Bonchev–Trinajstić information content (AvgIpc) is 3.56. The maximum Gasteiger partial charge on any atom is 0.0714 e. The molecule has 0 aromatic heterocycles. The van der Waals surface area contributed by atoms with Gasteiger partial charge in [0, 0.05) is 16.9 Å². The molecule has 0 unspecified atom stereocenters. The Bertz CT molecular complexity index is 2700. The summed E-state index contributed by atoms with van der Waals surface area (Å²) in [7, 11) is 0. The molecule has 0 amide bonds. The molecule has 0 atom stereocenters. The summed E-state index contributed by atoms with van der Waals surface area (Å²) < 4.78 is 0. The lowest BCUT2D eigenvalue weighted by atomic mass is 9.67. The van der Waals surface area contributed by atoms with Crippen molar-refractivity contribution in [1.82, 2.24) is 0 Å². The second-order valence-electron chi connectivity index (χ2n) is 14.0. The lowest BCUT2D eigenvalue weighted by Crippen LogP contribution is -2.28. The molecular weight excluding hydrogens is 651 g/mol. The fourth-order valence-corrected chi connectivity index (χ4v) is 8.87. The van der Waals surface area contributed by atoms with Crippen LogP contribution in [0.2, 0.25) is 0 Å². The Balaban J connectivity index is 1.30. The van der Waals surface area contributed by atoms with Crippen LogP contribution in [0.3, 0.4) is 0 Å². The summed E-state index contributed by atoms with van der Waals surface area (Å²) in [5.41, 5.74) is 15.3. The molecule has 1 aliphatic rings. The van der Waals surface area contributed by atoms with Crippen LogP contribution >= 0.6 is 0 Å². The van der Waals surface area contributed by atoms with Gasteiger partial charge in [0.1, 0.15) is 0 Å². The molecule has 10 rings (SSSR count). The number of benzene rings is 9. The topological polar surface area (TPSA) is 3.24 Å². The monoisotopic (exact) mass is 687 g/mol. The van der Waals surface area contributed by atoms with Gasteiger partial charge in [0.25, 0.3) is 0 Å². The molecule has 54 heavy (non-hydrogen) atoms. The van der Waals surface area contributed by atoms with Crippen LogP contribution < -0.4 is 4.90 Å². The van der Waals surface area contributed by atoms with E-state index < -0.39 is 5.41 Å². The smallest absolute Gasteiger partial charge is 0.0714 e. The molecule has 9 aromatic rings. The highest BCUT2D eigenvalue weighted by molar-refractivity contribution is 6.09. The number of fused-ring (bicyclic) bond motifs is 5. The quantitative estimate of drug-likeness (QED) is 0.161. The van der Waals surface area contributed by atoms with Crippen LogP contribution in [0.5, 0.6) is 0 Å². The maximum atomic E-state index is 2.47. The highest BCUT2D eigenvalue weighted by Crippen LogP contribution is 2.59. The van der Waals surface area contributed by atoms with Crippen LogP contribution in [-0.4, -0.2) is 0 Å². The van der Waals surface area contributed by atoms with E-state index in [4.69, 9.17) is 0 Å². The molecule has 9 aromatic carbocycles. The second kappa shape index (κ2) is 13.2. The zero-order valence-corrected chi connectivity index (χ0v) is 29.8. The van der Waals surface area contributed by atoms with Crippen LogP contribution in [0.1, 0.15) is 22.3 Å². The van der Waals surface area contributed by atoms with Crippen molar-refractivity contribution in [2.75, 3.05) is 4.90 Å². The summed E-state index contributed by atoms with van der Waals surface area (Å²) in [5, 5.41) is 2.53. The lowest BCUT2D eigenvalue weighted by molar-refractivity contribution is 0.769. The molecule has 0 radical (unpaired) electrons. The van der Waals surface area contributed by atoms with Crippen molar-refractivity contribution in [2.45, 2.75) is 5.41 Å². The number of rotatable bonds is 7. The summed E-state index contributed by atoms with van der Waals surface area (Å²) in [6, 6.07) is 82.0. The van der Waals surface area contributed by atoms with Crippen molar-refractivity contribution in [3.63, 3.8) is 0 Å². The van der Waals surface area contributed by atoms with Crippen molar-refractivity contribution in [1.29, 1.82) is 0 Å². The first-order valence-corrected chi connectivity index (χ1v) is 18.7. The molecule has 1 nitrogen and oxygen atoms in total.